The highest BCUT2D eigenvalue weighted by Gasteiger charge is 2.16. The van der Waals surface area contributed by atoms with Crippen LogP contribution in [0.15, 0.2) is 12.1 Å². The lowest BCUT2D eigenvalue weighted by Crippen LogP contribution is -2.07. The highest BCUT2D eigenvalue weighted by Crippen LogP contribution is 2.28. The van der Waals surface area contributed by atoms with Crippen molar-refractivity contribution in [3.63, 3.8) is 0 Å². The molecule has 0 aliphatic carbocycles. The number of aryl methyl sites for hydroxylation is 1. The number of ether oxygens (including phenoxy) is 1. The van der Waals surface area contributed by atoms with Crippen LogP contribution in [0.25, 0.3) is 0 Å². The molecule has 0 amide bonds. The van der Waals surface area contributed by atoms with Crippen LogP contribution in [0.3, 0.4) is 0 Å². The van der Waals surface area contributed by atoms with E-state index in [1.165, 1.54) is 6.07 Å². The number of ketones is 1. The van der Waals surface area contributed by atoms with Crippen molar-refractivity contribution in [2.75, 3.05) is 6.61 Å². The zero-order valence-electron chi connectivity index (χ0n) is 10.3. The Bertz CT molecular complexity index is 468. The summed E-state index contributed by atoms with van der Waals surface area (Å²) in [7, 11) is 0. The molecule has 0 aliphatic heterocycles. The second kappa shape index (κ2) is 6.40. The standard InChI is InChI=1S/C13H15ClO4/c1-3-18-12-6-8(2)10(14)7-9(12)11(15)4-5-13(16)17/h6-7H,3-5H2,1-2H3,(H,16,17). The van der Waals surface area contributed by atoms with Gasteiger partial charge in [0.15, 0.2) is 5.78 Å². The van der Waals surface area contributed by atoms with Gasteiger partial charge in [0, 0.05) is 11.4 Å². The zero-order valence-corrected chi connectivity index (χ0v) is 11.1. The number of carbonyl (C=O) groups excluding carboxylic acids is 1. The molecule has 4 nitrogen and oxygen atoms in total. The fraction of sp³-hybridized carbons (Fsp3) is 0.385. The quantitative estimate of drug-likeness (QED) is 0.807. The van der Waals surface area contributed by atoms with Crippen LogP contribution >= 0.6 is 11.6 Å². The van der Waals surface area contributed by atoms with Gasteiger partial charge in [0.05, 0.1) is 18.6 Å². The first-order valence-corrected chi connectivity index (χ1v) is 6.01. The second-order valence-electron chi connectivity index (χ2n) is 3.85. The van der Waals surface area contributed by atoms with Gasteiger partial charge in [-0.15, -0.1) is 0 Å². The molecule has 0 aliphatic rings. The first kappa shape index (κ1) is 14.5. The van der Waals surface area contributed by atoms with Crippen LogP contribution in [-0.4, -0.2) is 23.5 Å². The average Bonchev–Trinajstić information content (AvgIpc) is 2.30. The molecular formula is C13H15ClO4. The summed E-state index contributed by atoms with van der Waals surface area (Å²) in [5, 5.41) is 9.04. The maximum absolute atomic E-state index is 11.9. The molecule has 0 spiro atoms. The van der Waals surface area contributed by atoms with Crippen molar-refractivity contribution in [3.05, 3.63) is 28.3 Å². The van der Waals surface area contributed by atoms with Crippen LogP contribution in [0, 0.1) is 6.92 Å². The van der Waals surface area contributed by atoms with Gasteiger partial charge < -0.3 is 9.84 Å². The highest BCUT2D eigenvalue weighted by atomic mass is 35.5. The van der Waals surface area contributed by atoms with Gasteiger partial charge in [-0.05, 0) is 31.5 Å². The summed E-state index contributed by atoms with van der Waals surface area (Å²) >= 11 is 5.97. The third-order valence-electron chi connectivity index (χ3n) is 2.43. The summed E-state index contributed by atoms with van der Waals surface area (Å²) in [6.07, 6.45) is -0.259. The number of halogens is 1. The van der Waals surface area contributed by atoms with E-state index >= 15 is 0 Å². The number of aliphatic carboxylic acids is 1. The van der Waals surface area contributed by atoms with Crippen LogP contribution in [0.2, 0.25) is 5.02 Å². The lowest BCUT2D eigenvalue weighted by Gasteiger charge is -2.11. The molecule has 0 saturated heterocycles. The molecule has 98 valence electrons. The third-order valence-corrected chi connectivity index (χ3v) is 2.83. The molecule has 5 heteroatoms. The van der Waals surface area contributed by atoms with Crippen molar-refractivity contribution in [1.29, 1.82) is 0 Å². The first-order chi connectivity index (χ1) is 8.45. The summed E-state index contributed by atoms with van der Waals surface area (Å²) in [6.45, 7) is 4.06. The van der Waals surface area contributed by atoms with E-state index in [2.05, 4.69) is 0 Å². The van der Waals surface area contributed by atoms with E-state index in [4.69, 9.17) is 21.4 Å². The maximum Gasteiger partial charge on any atom is 0.303 e. The fourth-order valence-electron chi connectivity index (χ4n) is 1.50. The number of carbonyl (C=O) groups is 2. The molecule has 0 fully saturated rings. The Morgan fingerprint density at radius 2 is 2.00 bits per heavy atom. The minimum atomic E-state index is -1.00. The number of hydrogen-bond acceptors (Lipinski definition) is 3. The van der Waals surface area contributed by atoms with E-state index in [1.807, 2.05) is 13.8 Å². The van der Waals surface area contributed by atoms with Gasteiger partial charge in [-0.25, -0.2) is 0 Å². The van der Waals surface area contributed by atoms with Crippen molar-refractivity contribution in [3.8, 4) is 5.75 Å². The van der Waals surface area contributed by atoms with E-state index in [0.717, 1.165) is 5.56 Å². The molecule has 1 rings (SSSR count). The first-order valence-electron chi connectivity index (χ1n) is 5.63. The van der Waals surface area contributed by atoms with E-state index in [0.29, 0.717) is 22.9 Å². The van der Waals surface area contributed by atoms with Crippen molar-refractivity contribution >= 4 is 23.4 Å². The van der Waals surface area contributed by atoms with Gasteiger partial charge in [0.2, 0.25) is 0 Å². The van der Waals surface area contributed by atoms with Crippen molar-refractivity contribution in [2.45, 2.75) is 26.7 Å². The average molecular weight is 271 g/mol. The largest absolute Gasteiger partial charge is 0.493 e. The van der Waals surface area contributed by atoms with Gasteiger partial charge in [-0.1, -0.05) is 11.6 Å². The summed E-state index contributed by atoms with van der Waals surface area (Å²) in [5.41, 5.74) is 1.16. The number of rotatable bonds is 6. The number of hydrogen-bond donors (Lipinski definition) is 1. The van der Waals surface area contributed by atoms with Crippen LogP contribution < -0.4 is 4.74 Å². The third kappa shape index (κ3) is 3.74. The van der Waals surface area contributed by atoms with Crippen LogP contribution in [0.1, 0.15) is 35.7 Å². The molecule has 0 unspecified atom stereocenters. The van der Waals surface area contributed by atoms with Gasteiger partial charge >= 0.3 is 5.97 Å². The Kier molecular flexibility index (Phi) is 5.16. The molecule has 0 aromatic heterocycles. The lowest BCUT2D eigenvalue weighted by molar-refractivity contribution is -0.136. The van der Waals surface area contributed by atoms with Crippen molar-refractivity contribution < 1.29 is 19.4 Å². The summed E-state index contributed by atoms with van der Waals surface area (Å²) in [5.74, 6) is -0.822. The summed E-state index contributed by atoms with van der Waals surface area (Å²) in [6, 6.07) is 3.23. The topological polar surface area (TPSA) is 63.6 Å². The maximum atomic E-state index is 11.9. The fourth-order valence-corrected chi connectivity index (χ4v) is 1.67. The van der Waals surface area contributed by atoms with E-state index in [9.17, 15) is 9.59 Å². The highest BCUT2D eigenvalue weighted by molar-refractivity contribution is 6.31. The molecule has 0 saturated carbocycles. The molecule has 0 radical (unpaired) electrons. The van der Waals surface area contributed by atoms with Crippen molar-refractivity contribution in [2.24, 2.45) is 0 Å². The number of benzene rings is 1. The number of carboxylic acids is 1. The molecule has 1 aromatic carbocycles. The van der Waals surface area contributed by atoms with E-state index in [-0.39, 0.29) is 18.6 Å². The Morgan fingerprint density at radius 3 is 2.56 bits per heavy atom. The Labute approximate surface area is 111 Å². The van der Waals surface area contributed by atoms with Gasteiger partial charge in [-0.3, -0.25) is 9.59 Å². The normalized spacial score (nSPS) is 10.2. The molecule has 0 bridgehead atoms. The number of Topliss-reactive ketones (excluding diaryl/α,β-unsaturated/α-hetero) is 1. The smallest absolute Gasteiger partial charge is 0.303 e. The minimum absolute atomic E-state index is 0.0607. The summed E-state index contributed by atoms with van der Waals surface area (Å²) in [4.78, 5) is 22.4. The number of carboxylic acid groups (broad SMARTS) is 1. The van der Waals surface area contributed by atoms with Gasteiger partial charge in [-0.2, -0.15) is 0 Å². The molecule has 0 heterocycles. The molecule has 1 aromatic rings. The Balaban J connectivity index is 3.01. The second-order valence-corrected chi connectivity index (χ2v) is 4.25. The monoisotopic (exact) mass is 270 g/mol. The Morgan fingerprint density at radius 1 is 1.33 bits per heavy atom. The molecule has 0 atom stereocenters. The van der Waals surface area contributed by atoms with E-state index in [1.54, 1.807) is 6.07 Å². The minimum Gasteiger partial charge on any atom is -0.493 e. The lowest BCUT2D eigenvalue weighted by atomic mass is 10.0. The van der Waals surface area contributed by atoms with Crippen LogP contribution in [0.4, 0.5) is 0 Å². The zero-order chi connectivity index (χ0) is 13.7. The molecular weight excluding hydrogens is 256 g/mol. The predicted molar refractivity (Wildman–Crippen MR) is 68.6 cm³/mol. The van der Waals surface area contributed by atoms with Gasteiger partial charge in [0.1, 0.15) is 5.75 Å². The van der Waals surface area contributed by atoms with Gasteiger partial charge in [0.25, 0.3) is 0 Å². The van der Waals surface area contributed by atoms with Crippen molar-refractivity contribution in [1.82, 2.24) is 0 Å². The SMILES string of the molecule is CCOc1cc(C)c(Cl)cc1C(=O)CCC(=O)O. The summed E-state index contributed by atoms with van der Waals surface area (Å²) < 4.78 is 5.37. The predicted octanol–water partition coefficient (Wildman–Crippen LogP) is 3.09. The Hall–Kier alpha value is -1.55. The van der Waals surface area contributed by atoms with E-state index < -0.39 is 5.97 Å². The molecule has 18 heavy (non-hydrogen) atoms. The van der Waals surface area contributed by atoms with Crippen LogP contribution in [-0.2, 0) is 4.79 Å². The molecule has 1 N–H and O–H groups in total. The van der Waals surface area contributed by atoms with Crippen LogP contribution in [0.5, 0.6) is 5.75 Å².